The second-order valence-corrected chi connectivity index (χ2v) is 0.493. The van der Waals surface area contributed by atoms with Crippen LogP contribution in [0.2, 0.25) is 0 Å². The zero-order valence-corrected chi connectivity index (χ0v) is 4.72. The summed E-state index contributed by atoms with van der Waals surface area (Å²) in [5.74, 6) is 0. The molecule has 0 aromatic rings. The number of nitrogens with zero attached hydrogens (tertiary/aromatic N) is 2. The van der Waals surface area contributed by atoms with E-state index in [0.717, 1.165) is 0 Å². The van der Waals surface area contributed by atoms with Gasteiger partial charge in [-0.3, -0.25) is 0 Å². The summed E-state index contributed by atoms with van der Waals surface area (Å²) >= 11 is 0. The quantitative estimate of drug-likeness (QED) is 0.513. The SMILES string of the molecule is Br.N#CCC#N. The lowest BCUT2D eigenvalue weighted by atomic mass is 10.5. The molecule has 0 saturated heterocycles. The van der Waals surface area contributed by atoms with Crippen LogP contribution in [0, 0.1) is 22.7 Å². The summed E-state index contributed by atoms with van der Waals surface area (Å²) in [4.78, 5) is 0. The van der Waals surface area contributed by atoms with Gasteiger partial charge in [-0.1, -0.05) is 0 Å². The largest absolute Gasteiger partial charge is 0.197 e. The van der Waals surface area contributed by atoms with E-state index in [9.17, 15) is 0 Å². The summed E-state index contributed by atoms with van der Waals surface area (Å²) in [6, 6.07) is 3.31. The Bertz CT molecular complexity index is 73.9. The minimum atomic E-state index is 0. The van der Waals surface area contributed by atoms with Crippen molar-refractivity contribution in [3.8, 4) is 12.1 Å². The van der Waals surface area contributed by atoms with Crippen molar-refractivity contribution in [3.05, 3.63) is 0 Å². The van der Waals surface area contributed by atoms with Crippen LogP contribution in [-0.2, 0) is 0 Å². The van der Waals surface area contributed by atoms with Gasteiger partial charge in [-0.15, -0.1) is 17.0 Å². The lowest BCUT2D eigenvalue weighted by Gasteiger charge is -1.45. The van der Waals surface area contributed by atoms with Crippen molar-refractivity contribution in [1.29, 1.82) is 10.5 Å². The molecular formula is C3H3BrN2. The predicted octanol–water partition coefficient (Wildman–Crippen LogP) is 1.00. The van der Waals surface area contributed by atoms with Gasteiger partial charge in [0.05, 0.1) is 12.1 Å². The Kier molecular flexibility index (Phi) is 13.3. The van der Waals surface area contributed by atoms with Gasteiger partial charge in [-0.05, 0) is 0 Å². The molecule has 0 aliphatic rings. The minimum Gasteiger partial charge on any atom is -0.197 e. The van der Waals surface area contributed by atoms with Crippen LogP contribution in [0.25, 0.3) is 0 Å². The second kappa shape index (κ2) is 8.82. The molecule has 0 aromatic carbocycles. The van der Waals surface area contributed by atoms with Crippen molar-refractivity contribution in [2.45, 2.75) is 6.42 Å². The molecule has 0 unspecified atom stereocenters. The number of hydrogen-bond donors (Lipinski definition) is 0. The maximum Gasteiger partial charge on any atom is 0.122 e. The first kappa shape index (κ1) is 9.07. The lowest BCUT2D eigenvalue weighted by molar-refractivity contribution is 1.33. The molecule has 0 heterocycles. The van der Waals surface area contributed by atoms with E-state index in [2.05, 4.69) is 0 Å². The molecule has 0 spiro atoms. The minimum absolute atomic E-state index is 0. The summed E-state index contributed by atoms with van der Waals surface area (Å²) < 4.78 is 0. The Morgan fingerprint density at radius 1 is 1.17 bits per heavy atom. The molecule has 0 fully saturated rings. The van der Waals surface area contributed by atoms with Gasteiger partial charge in [0, 0.05) is 0 Å². The van der Waals surface area contributed by atoms with Crippen molar-refractivity contribution in [2.24, 2.45) is 0 Å². The maximum atomic E-state index is 7.59. The van der Waals surface area contributed by atoms with E-state index >= 15 is 0 Å². The Morgan fingerprint density at radius 2 is 1.50 bits per heavy atom. The fourth-order valence-electron chi connectivity index (χ4n) is 0.0354. The highest BCUT2D eigenvalue weighted by Crippen LogP contribution is 1.59. The molecule has 0 aliphatic carbocycles. The van der Waals surface area contributed by atoms with Crippen LogP contribution >= 0.6 is 17.0 Å². The molecule has 6 heavy (non-hydrogen) atoms. The first-order valence-corrected chi connectivity index (χ1v) is 1.15. The number of halogens is 1. The highest BCUT2D eigenvalue weighted by atomic mass is 79.9. The molecule has 0 bridgehead atoms. The fourth-order valence-corrected chi connectivity index (χ4v) is 0.0354. The van der Waals surface area contributed by atoms with Gasteiger partial charge >= 0.3 is 0 Å². The van der Waals surface area contributed by atoms with Gasteiger partial charge in [-0.2, -0.15) is 10.5 Å². The van der Waals surface area contributed by atoms with Crippen molar-refractivity contribution in [3.63, 3.8) is 0 Å². The van der Waals surface area contributed by atoms with Gasteiger partial charge in [0.25, 0.3) is 0 Å². The predicted molar refractivity (Wildman–Crippen MR) is 26.2 cm³/mol. The summed E-state index contributed by atoms with van der Waals surface area (Å²) in [5.41, 5.74) is 0. The molecule has 0 radical (unpaired) electrons. The topological polar surface area (TPSA) is 47.6 Å². The average molecular weight is 147 g/mol. The van der Waals surface area contributed by atoms with Crippen LogP contribution in [0.5, 0.6) is 0 Å². The lowest BCUT2D eigenvalue weighted by Crippen LogP contribution is -1.47. The third-order valence-corrected chi connectivity index (χ3v) is 0.158. The Labute approximate surface area is 46.8 Å². The van der Waals surface area contributed by atoms with Gasteiger partial charge < -0.3 is 0 Å². The normalized spacial score (nSPS) is 3.67. The first-order chi connectivity index (χ1) is 2.41. The molecule has 32 valence electrons. The van der Waals surface area contributed by atoms with E-state index in [1.165, 1.54) is 0 Å². The molecule has 0 atom stereocenters. The summed E-state index contributed by atoms with van der Waals surface area (Å²) in [6.45, 7) is 0. The molecule has 0 amide bonds. The van der Waals surface area contributed by atoms with Crippen LogP contribution in [0.1, 0.15) is 6.42 Å². The number of hydrogen-bond acceptors (Lipinski definition) is 2. The van der Waals surface area contributed by atoms with E-state index in [1.807, 2.05) is 0 Å². The molecule has 0 aromatic heterocycles. The highest BCUT2D eigenvalue weighted by Gasteiger charge is 1.61. The summed E-state index contributed by atoms with van der Waals surface area (Å²) in [6.07, 6.45) is 0. The van der Waals surface area contributed by atoms with Gasteiger partial charge in [0.15, 0.2) is 0 Å². The third-order valence-electron chi connectivity index (χ3n) is 0.158. The van der Waals surface area contributed by atoms with E-state index in [0.29, 0.717) is 0 Å². The Morgan fingerprint density at radius 3 is 1.50 bits per heavy atom. The second-order valence-electron chi connectivity index (χ2n) is 0.493. The number of rotatable bonds is 0. The zero-order valence-electron chi connectivity index (χ0n) is 3.01. The molecule has 3 heteroatoms. The highest BCUT2D eigenvalue weighted by molar-refractivity contribution is 8.93. The Hall–Kier alpha value is -0.540. The van der Waals surface area contributed by atoms with E-state index < -0.39 is 0 Å². The van der Waals surface area contributed by atoms with Crippen LogP contribution in [0.4, 0.5) is 0 Å². The number of nitriles is 2. The van der Waals surface area contributed by atoms with Gasteiger partial charge in [-0.25, -0.2) is 0 Å². The molecular weight excluding hydrogens is 144 g/mol. The Balaban J connectivity index is 0. The standard InChI is InChI=1S/C3H2N2.BrH/c4-2-1-3-5;/h1H2;1H. The van der Waals surface area contributed by atoms with E-state index in [4.69, 9.17) is 10.5 Å². The zero-order chi connectivity index (χ0) is 4.12. The molecule has 0 N–H and O–H groups in total. The molecule has 2 nitrogen and oxygen atoms in total. The molecule has 0 saturated carbocycles. The smallest absolute Gasteiger partial charge is 0.122 e. The van der Waals surface area contributed by atoms with Crippen LogP contribution in [0.3, 0.4) is 0 Å². The van der Waals surface area contributed by atoms with Crippen LogP contribution in [-0.4, -0.2) is 0 Å². The summed E-state index contributed by atoms with van der Waals surface area (Å²) in [7, 11) is 0. The summed E-state index contributed by atoms with van der Waals surface area (Å²) in [5, 5.41) is 15.2. The van der Waals surface area contributed by atoms with Crippen molar-refractivity contribution in [2.75, 3.05) is 0 Å². The van der Waals surface area contributed by atoms with Crippen molar-refractivity contribution >= 4 is 17.0 Å². The van der Waals surface area contributed by atoms with Crippen molar-refractivity contribution in [1.82, 2.24) is 0 Å². The molecule has 0 rings (SSSR count). The third kappa shape index (κ3) is 9.82. The van der Waals surface area contributed by atoms with E-state index in [-0.39, 0.29) is 23.4 Å². The monoisotopic (exact) mass is 146 g/mol. The van der Waals surface area contributed by atoms with Crippen LogP contribution < -0.4 is 0 Å². The van der Waals surface area contributed by atoms with Crippen molar-refractivity contribution < 1.29 is 0 Å². The van der Waals surface area contributed by atoms with Gasteiger partial charge in [0.1, 0.15) is 6.42 Å². The van der Waals surface area contributed by atoms with Gasteiger partial charge in [0.2, 0.25) is 0 Å². The van der Waals surface area contributed by atoms with Crippen LogP contribution in [0.15, 0.2) is 0 Å². The van der Waals surface area contributed by atoms with E-state index in [1.54, 1.807) is 12.1 Å². The molecule has 0 aliphatic heterocycles. The fraction of sp³-hybridized carbons (Fsp3) is 0.333. The first-order valence-electron chi connectivity index (χ1n) is 1.15. The average Bonchev–Trinajstić information content (AvgIpc) is 1.41. The maximum absolute atomic E-state index is 7.59.